The second kappa shape index (κ2) is 8.28. The van der Waals surface area contributed by atoms with Gasteiger partial charge in [-0.25, -0.2) is 0 Å². The maximum absolute atomic E-state index is 9.97. The van der Waals surface area contributed by atoms with E-state index in [-0.39, 0.29) is 0 Å². The highest BCUT2D eigenvalue weighted by atomic mass is 16.3. The van der Waals surface area contributed by atoms with Crippen LogP contribution >= 0.6 is 0 Å². The molecule has 1 aliphatic carbocycles. The van der Waals surface area contributed by atoms with Crippen LogP contribution in [0.1, 0.15) is 56.6 Å². The molecule has 1 aromatic rings. The van der Waals surface area contributed by atoms with Crippen LogP contribution < -0.4 is 11.1 Å². The number of rotatable bonds is 7. The van der Waals surface area contributed by atoms with Crippen molar-refractivity contribution in [2.75, 3.05) is 18.4 Å². The van der Waals surface area contributed by atoms with Gasteiger partial charge in [0.05, 0.1) is 6.10 Å². The van der Waals surface area contributed by atoms with Gasteiger partial charge in [-0.05, 0) is 43.0 Å². The van der Waals surface area contributed by atoms with Crippen molar-refractivity contribution in [3.63, 3.8) is 0 Å². The van der Waals surface area contributed by atoms with Crippen LogP contribution in [0.4, 0.5) is 5.69 Å². The Kier molecular flexibility index (Phi) is 6.34. The third-order valence-electron chi connectivity index (χ3n) is 4.32. The van der Waals surface area contributed by atoms with Gasteiger partial charge in [0, 0.05) is 12.2 Å². The van der Waals surface area contributed by atoms with Crippen LogP contribution in [0.2, 0.25) is 0 Å². The van der Waals surface area contributed by atoms with Gasteiger partial charge in [0.1, 0.15) is 0 Å². The highest BCUT2D eigenvalue weighted by Gasteiger charge is 2.12. The summed E-state index contributed by atoms with van der Waals surface area (Å²) in [5.41, 5.74) is 7.55. The molecule has 0 amide bonds. The van der Waals surface area contributed by atoms with Crippen LogP contribution in [0.5, 0.6) is 0 Å². The van der Waals surface area contributed by atoms with E-state index in [9.17, 15) is 5.11 Å². The van der Waals surface area contributed by atoms with Gasteiger partial charge in [0.2, 0.25) is 0 Å². The molecular weight excluding hydrogens is 248 g/mol. The van der Waals surface area contributed by atoms with Crippen molar-refractivity contribution in [2.24, 2.45) is 11.7 Å². The Morgan fingerprint density at radius 3 is 2.80 bits per heavy atom. The molecule has 4 N–H and O–H groups in total. The fourth-order valence-corrected chi connectivity index (χ4v) is 3.08. The number of aliphatic hydroxyl groups excluding tert-OH is 1. The van der Waals surface area contributed by atoms with Crippen molar-refractivity contribution in [2.45, 2.75) is 51.0 Å². The summed E-state index contributed by atoms with van der Waals surface area (Å²) < 4.78 is 0. The summed E-state index contributed by atoms with van der Waals surface area (Å²) in [7, 11) is 0. The first kappa shape index (κ1) is 15.3. The Bertz CT molecular complexity index is 388. The minimum atomic E-state index is -0.444. The molecule has 0 heterocycles. The highest BCUT2D eigenvalue weighted by molar-refractivity contribution is 5.46. The van der Waals surface area contributed by atoms with E-state index in [1.54, 1.807) is 0 Å². The van der Waals surface area contributed by atoms with E-state index >= 15 is 0 Å². The van der Waals surface area contributed by atoms with Gasteiger partial charge >= 0.3 is 0 Å². The fraction of sp³-hybridized carbons (Fsp3) is 0.647. The lowest BCUT2D eigenvalue weighted by atomic mass is 9.87. The Morgan fingerprint density at radius 2 is 2.05 bits per heavy atom. The zero-order valence-corrected chi connectivity index (χ0v) is 12.4. The number of anilines is 1. The molecule has 1 saturated carbocycles. The van der Waals surface area contributed by atoms with Gasteiger partial charge in [0.15, 0.2) is 0 Å². The second-order valence-electron chi connectivity index (χ2n) is 5.94. The quantitative estimate of drug-likeness (QED) is 0.715. The van der Waals surface area contributed by atoms with Crippen LogP contribution in [0.15, 0.2) is 24.3 Å². The van der Waals surface area contributed by atoms with E-state index in [4.69, 9.17) is 5.73 Å². The Morgan fingerprint density at radius 1 is 1.25 bits per heavy atom. The molecule has 1 fully saturated rings. The third-order valence-corrected chi connectivity index (χ3v) is 4.32. The van der Waals surface area contributed by atoms with Gasteiger partial charge in [-0.1, -0.05) is 44.2 Å². The van der Waals surface area contributed by atoms with Crippen molar-refractivity contribution in [3.05, 3.63) is 29.8 Å². The number of hydrogen-bond donors (Lipinski definition) is 3. The molecule has 1 atom stereocenters. The van der Waals surface area contributed by atoms with Crippen LogP contribution in [0.25, 0.3) is 0 Å². The molecule has 3 heteroatoms. The SMILES string of the molecule is NCCC(O)c1cccc(NCCC2CCCCC2)c1. The normalized spacial score (nSPS) is 17.9. The number of hydrogen-bond acceptors (Lipinski definition) is 3. The summed E-state index contributed by atoms with van der Waals surface area (Å²) in [5.74, 6) is 0.905. The summed E-state index contributed by atoms with van der Waals surface area (Å²) in [6.45, 7) is 1.54. The minimum absolute atomic E-state index is 0.444. The van der Waals surface area contributed by atoms with Crippen LogP contribution in [-0.2, 0) is 0 Å². The number of benzene rings is 1. The van der Waals surface area contributed by atoms with Gasteiger partial charge in [-0.15, -0.1) is 0 Å². The summed E-state index contributed by atoms with van der Waals surface area (Å²) >= 11 is 0. The van der Waals surface area contributed by atoms with Crippen molar-refractivity contribution < 1.29 is 5.11 Å². The molecule has 1 aromatic carbocycles. The first-order chi connectivity index (χ1) is 9.79. The van der Waals surface area contributed by atoms with E-state index in [1.807, 2.05) is 18.2 Å². The Labute approximate surface area is 122 Å². The first-order valence-electron chi connectivity index (χ1n) is 8.01. The standard InChI is InChI=1S/C17H28N2O/c18-11-9-17(20)15-7-4-8-16(13-15)19-12-10-14-5-2-1-3-6-14/h4,7-8,13-14,17,19-20H,1-3,5-6,9-12,18H2. The van der Waals surface area contributed by atoms with Crippen molar-refractivity contribution in [3.8, 4) is 0 Å². The van der Waals surface area contributed by atoms with Gasteiger partial charge in [-0.2, -0.15) is 0 Å². The predicted octanol–water partition coefficient (Wildman–Crippen LogP) is 3.45. The van der Waals surface area contributed by atoms with Gasteiger partial charge in [0.25, 0.3) is 0 Å². The Hall–Kier alpha value is -1.06. The molecule has 20 heavy (non-hydrogen) atoms. The summed E-state index contributed by atoms with van der Waals surface area (Å²) in [5, 5.41) is 13.5. The highest BCUT2D eigenvalue weighted by Crippen LogP contribution is 2.26. The van der Waals surface area contributed by atoms with Gasteiger partial charge in [-0.3, -0.25) is 0 Å². The minimum Gasteiger partial charge on any atom is -0.388 e. The molecule has 0 aliphatic heterocycles. The van der Waals surface area contributed by atoms with Crippen LogP contribution in [0.3, 0.4) is 0 Å². The molecule has 1 aliphatic rings. The zero-order valence-electron chi connectivity index (χ0n) is 12.4. The summed E-state index contributed by atoms with van der Waals surface area (Å²) in [6.07, 6.45) is 8.47. The van der Waals surface area contributed by atoms with Crippen molar-refractivity contribution >= 4 is 5.69 Å². The fourth-order valence-electron chi connectivity index (χ4n) is 3.08. The smallest absolute Gasteiger partial charge is 0.0802 e. The van der Waals surface area contributed by atoms with Crippen LogP contribution in [-0.4, -0.2) is 18.2 Å². The van der Waals surface area contributed by atoms with Crippen LogP contribution in [0, 0.1) is 5.92 Å². The molecule has 0 bridgehead atoms. The first-order valence-corrected chi connectivity index (χ1v) is 8.01. The second-order valence-corrected chi connectivity index (χ2v) is 5.94. The van der Waals surface area contributed by atoms with E-state index in [0.29, 0.717) is 13.0 Å². The number of nitrogens with two attached hydrogens (primary N) is 1. The third kappa shape index (κ3) is 4.80. The monoisotopic (exact) mass is 276 g/mol. The zero-order chi connectivity index (χ0) is 14.2. The molecule has 0 saturated heterocycles. The molecule has 1 unspecified atom stereocenters. The van der Waals surface area contributed by atoms with E-state index in [1.165, 1.54) is 38.5 Å². The number of nitrogens with one attached hydrogen (secondary N) is 1. The van der Waals surface area contributed by atoms with Gasteiger partial charge < -0.3 is 16.2 Å². The largest absolute Gasteiger partial charge is 0.388 e. The molecule has 2 rings (SSSR count). The van der Waals surface area contributed by atoms with E-state index in [2.05, 4.69) is 11.4 Å². The average Bonchev–Trinajstić information content (AvgIpc) is 2.49. The lowest BCUT2D eigenvalue weighted by Crippen LogP contribution is -2.12. The van der Waals surface area contributed by atoms with Crippen molar-refractivity contribution in [1.29, 1.82) is 0 Å². The number of aliphatic hydroxyl groups is 1. The molecule has 3 nitrogen and oxygen atoms in total. The molecular formula is C17H28N2O. The average molecular weight is 276 g/mol. The van der Waals surface area contributed by atoms with Crippen molar-refractivity contribution in [1.82, 2.24) is 0 Å². The molecule has 0 spiro atoms. The lowest BCUT2D eigenvalue weighted by Gasteiger charge is -2.21. The lowest BCUT2D eigenvalue weighted by molar-refractivity contribution is 0.170. The molecule has 0 aromatic heterocycles. The Balaban J connectivity index is 1.78. The maximum Gasteiger partial charge on any atom is 0.0802 e. The molecule has 112 valence electrons. The molecule has 0 radical (unpaired) electrons. The maximum atomic E-state index is 9.97. The van der Waals surface area contributed by atoms with E-state index < -0.39 is 6.10 Å². The topological polar surface area (TPSA) is 58.3 Å². The van der Waals surface area contributed by atoms with E-state index in [0.717, 1.165) is 23.7 Å². The summed E-state index contributed by atoms with van der Waals surface area (Å²) in [6, 6.07) is 8.07. The summed E-state index contributed by atoms with van der Waals surface area (Å²) in [4.78, 5) is 0. The predicted molar refractivity (Wildman–Crippen MR) is 84.8 cm³/mol.